The average Bonchev–Trinajstić information content (AvgIpc) is 3.46. The van der Waals surface area contributed by atoms with Gasteiger partial charge in [-0.2, -0.15) is 0 Å². The van der Waals surface area contributed by atoms with Crippen LogP contribution in [0.25, 0.3) is 0 Å². The minimum Gasteiger partial charge on any atom is -0.356 e. The van der Waals surface area contributed by atoms with Gasteiger partial charge in [-0.15, -0.1) is 0 Å². The molecule has 0 spiro atoms. The Labute approximate surface area is 154 Å². The number of hydrogen-bond donors (Lipinski definition) is 1. The van der Waals surface area contributed by atoms with Gasteiger partial charge in [0.2, 0.25) is 17.7 Å². The predicted octanol–water partition coefficient (Wildman–Crippen LogP) is 1.06. The van der Waals surface area contributed by atoms with Gasteiger partial charge in [0.05, 0.1) is 11.8 Å². The fourth-order valence-electron chi connectivity index (χ4n) is 3.51. The maximum absolute atomic E-state index is 12.5. The number of hydrogen-bond acceptors (Lipinski definition) is 3. The van der Waals surface area contributed by atoms with Crippen molar-refractivity contribution in [2.75, 3.05) is 32.7 Å². The topological polar surface area (TPSA) is 69.7 Å². The number of aryl methyl sites for hydroxylation is 1. The Hall–Kier alpha value is -2.37. The molecule has 1 heterocycles. The monoisotopic (exact) mass is 357 g/mol. The van der Waals surface area contributed by atoms with Crippen LogP contribution in [0, 0.1) is 11.8 Å². The lowest BCUT2D eigenvalue weighted by atomic mass is 10.1. The molecule has 0 bridgehead atoms. The van der Waals surface area contributed by atoms with Crippen LogP contribution < -0.4 is 5.32 Å². The Kier molecular flexibility index (Phi) is 5.91. The molecule has 1 N–H and O–H groups in total. The largest absolute Gasteiger partial charge is 0.356 e. The molecule has 1 aliphatic heterocycles. The highest BCUT2D eigenvalue weighted by molar-refractivity contribution is 5.92. The second-order valence-electron chi connectivity index (χ2n) is 7.16. The predicted molar refractivity (Wildman–Crippen MR) is 98.2 cm³/mol. The maximum Gasteiger partial charge on any atom is 0.226 e. The highest BCUT2D eigenvalue weighted by Crippen LogP contribution is 2.40. The molecule has 1 aliphatic carbocycles. The van der Waals surface area contributed by atoms with E-state index in [4.69, 9.17) is 0 Å². The third-order valence-electron chi connectivity index (χ3n) is 5.27. The molecule has 0 aromatic heterocycles. The van der Waals surface area contributed by atoms with Crippen molar-refractivity contribution >= 4 is 17.7 Å². The van der Waals surface area contributed by atoms with Crippen LogP contribution in [0.4, 0.5) is 0 Å². The van der Waals surface area contributed by atoms with E-state index < -0.39 is 0 Å². The molecule has 1 aromatic rings. The van der Waals surface area contributed by atoms with E-state index >= 15 is 0 Å². The average molecular weight is 357 g/mol. The van der Waals surface area contributed by atoms with E-state index in [-0.39, 0.29) is 29.6 Å². The number of carbonyl (C=O) groups is 3. The summed E-state index contributed by atoms with van der Waals surface area (Å²) >= 11 is 0. The fourth-order valence-corrected chi connectivity index (χ4v) is 3.51. The zero-order valence-electron chi connectivity index (χ0n) is 15.3. The Bertz CT molecular complexity index is 654. The molecule has 2 fully saturated rings. The molecule has 26 heavy (non-hydrogen) atoms. The number of rotatable bonds is 6. The summed E-state index contributed by atoms with van der Waals surface area (Å²) in [5.41, 5.74) is 1.27. The van der Waals surface area contributed by atoms with E-state index in [1.807, 2.05) is 18.2 Å². The first-order valence-corrected chi connectivity index (χ1v) is 9.42. The van der Waals surface area contributed by atoms with Crippen molar-refractivity contribution in [1.29, 1.82) is 0 Å². The van der Waals surface area contributed by atoms with E-state index in [1.54, 1.807) is 16.7 Å². The summed E-state index contributed by atoms with van der Waals surface area (Å²) < 4.78 is 0. The molecule has 3 rings (SSSR count). The number of nitrogens with zero attached hydrogens (tertiary/aromatic N) is 2. The van der Waals surface area contributed by atoms with Crippen LogP contribution in [0.15, 0.2) is 30.3 Å². The molecule has 1 saturated heterocycles. The Balaban J connectivity index is 1.34. The summed E-state index contributed by atoms with van der Waals surface area (Å²) in [6, 6.07) is 10.2. The molecule has 0 radical (unpaired) electrons. The number of carbonyl (C=O) groups excluding carboxylic acids is 3. The summed E-state index contributed by atoms with van der Waals surface area (Å²) in [4.78, 5) is 39.6. The molecule has 140 valence electrons. The summed E-state index contributed by atoms with van der Waals surface area (Å²) in [6.45, 7) is 4.51. The van der Waals surface area contributed by atoms with Gasteiger partial charge in [-0.25, -0.2) is 0 Å². The summed E-state index contributed by atoms with van der Waals surface area (Å²) in [5.74, 6) is -0.231. The van der Waals surface area contributed by atoms with Crippen LogP contribution >= 0.6 is 0 Å². The van der Waals surface area contributed by atoms with Crippen molar-refractivity contribution in [2.45, 2.75) is 26.2 Å². The standard InChI is InChI=1S/C20H27N3O3/c1-15(24)22-10-12-23(13-11-22)20(26)18-14-17(18)19(25)21-9-5-8-16-6-3-2-4-7-16/h2-4,6-7,17-18H,5,8-14H2,1H3,(H,21,25). The van der Waals surface area contributed by atoms with Crippen LogP contribution in [0.2, 0.25) is 0 Å². The molecule has 2 aliphatic rings. The lowest BCUT2D eigenvalue weighted by Gasteiger charge is -2.34. The lowest BCUT2D eigenvalue weighted by Crippen LogP contribution is -2.50. The van der Waals surface area contributed by atoms with Crippen molar-refractivity contribution in [3.63, 3.8) is 0 Å². The summed E-state index contributed by atoms with van der Waals surface area (Å²) in [5, 5.41) is 2.96. The van der Waals surface area contributed by atoms with Gasteiger partial charge in [0.15, 0.2) is 0 Å². The van der Waals surface area contributed by atoms with Crippen LogP contribution in [0.3, 0.4) is 0 Å². The van der Waals surface area contributed by atoms with E-state index in [2.05, 4.69) is 17.4 Å². The van der Waals surface area contributed by atoms with Gasteiger partial charge >= 0.3 is 0 Å². The smallest absolute Gasteiger partial charge is 0.226 e. The van der Waals surface area contributed by atoms with Gasteiger partial charge in [-0.3, -0.25) is 14.4 Å². The second-order valence-corrected chi connectivity index (χ2v) is 7.16. The van der Waals surface area contributed by atoms with E-state index in [9.17, 15) is 14.4 Å². The normalized spacial score (nSPS) is 22.0. The zero-order chi connectivity index (χ0) is 18.5. The van der Waals surface area contributed by atoms with E-state index in [0.29, 0.717) is 39.1 Å². The molecule has 2 unspecified atom stereocenters. The Morgan fingerprint density at radius 3 is 2.31 bits per heavy atom. The van der Waals surface area contributed by atoms with Gasteiger partial charge < -0.3 is 15.1 Å². The van der Waals surface area contributed by atoms with Crippen LogP contribution in [-0.2, 0) is 20.8 Å². The molecule has 1 aromatic carbocycles. The molecule has 6 nitrogen and oxygen atoms in total. The van der Waals surface area contributed by atoms with E-state index in [1.165, 1.54) is 5.56 Å². The second kappa shape index (κ2) is 8.34. The molecular formula is C20H27N3O3. The van der Waals surface area contributed by atoms with Gasteiger partial charge in [-0.1, -0.05) is 30.3 Å². The van der Waals surface area contributed by atoms with Gasteiger partial charge in [-0.05, 0) is 24.8 Å². The number of nitrogens with one attached hydrogen (secondary N) is 1. The highest BCUT2D eigenvalue weighted by Gasteiger charge is 2.49. The number of piperazine rings is 1. The maximum atomic E-state index is 12.5. The van der Waals surface area contributed by atoms with Gasteiger partial charge in [0.25, 0.3) is 0 Å². The Morgan fingerprint density at radius 1 is 1.00 bits per heavy atom. The lowest BCUT2D eigenvalue weighted by molar-refractivity contribution is -0.140. The quantitative estimate of drug-likeness (QED) is 0.774. The van der Waals surface area contributed by atoms with Gasteiger partial charge in [0.1, 0.15) is 0 Å². The molecule has 6 heteroatoms. The van der Waals surface area contributed by atoms with Crippen molar-refractivity contribution in [2.24, 2.45) is 11.8 Å². The van der Waals surface area contributed by atoms with Crippen molar-refractivity contribution < 1.29 is 14.4 Å². The van der Waals surface area contributed by atoms with Crippen molar-refractivity contribution in [3.05, 3.63) is 35.9 Å². The van der Waals surface area contributed by atoms with E-state index in [0.717, 1.165) is 12.8 Å². The zero-order valence-corrected chi connectivity index (χ0v) is 15.3. The summed E-state index contributed by atoms with van der Waals surface area (Å²) in [7, 11) is 0. The minimum atomic E-state index is -0.176. The van der Waals surface area contributed by atoms with Crippen LogP contribution in [-0.4, -0.2) is 60.2 Å². The molecule has 3 amide bonds. The highest BCUT2D eigenvalue weighted by atomic mass is 16.2. The van der Waals surface area contributed by atoms with Crippen molar-refractivity contribution in [1.82, 2.24) is 15.1 Å². The molecular weight excluding hydrogens is 330 g/mol. The minimum absolute atomic E-state index is 0.00113. The van der Waals surface area contributed by atoms with Crippen molar-refractivity contribution in [3.8, 4) is 0 Å². The third-order valence-corrected chi connectivity index (χ3v) is 5.27. The fraction of sp³-hybridized carbons (Fsp3) is 0.550. The Morgan fingerprint density at radius 2 is 1.65 bits per heavy atom. The van der Waals surface area contributed by atoms with Crippen LogP contribution in [0.1, 0.15) is 25.3 Å². The van der Waals surface area contributed by atoms with Crippen LogP contribution in [0.5, 0.6) is 0 Å². The molecule has 2 atom stereocenters. The SMILES string of the molecule is CC(=O)N1CCN(C(=O)C2CC2C(=O)NCCCc2ccccc2)CC1. The summed E-state index contributed by atoms with van der Waals surface area (Å²) in [6.07, 6.45) is 2.49. The number of amides is 3. The first-order valence-electron chi connectivity index (χ1n) is 9.42. The first-order chi connectivity index (χ1) is 12.6. The van der Waals surface area contributed by atoms with Gasteiger partial charge in [0, 0.05) is 39.6 Å². The molecule has 1 saturated carbocycles. The third kappa shape index (κ3) is 4.62. The number of benzene rings is 1. The first kappa shape index (κ1) is 18.4.